The molecule has 1 radical (unpaired) electrons. The molecule has 3 rings (SSSR count). The molecule has 1 aromatic heterocycles. The molecule has 10 heteroatoms. The fourth-order valence-electron chi connectivity index (χ4n) is 4.98. The van der Waals surface area contributed by atoms with E-state index in [4.69, 9.17) is 4.74 Å². The van der Waals surface area contributed by atoms with Crippen molar-refractivity contribution in [3.8, 4) is 0 Å². The highest BCUT2D eigenvalue weighted by Crippen LogP contribution is 2.28. The Labute approximate surface area is 237 Å². The van der Waals surface area contributed by atoms with Crippen LogP contribution >= 0.6 is 0 Å². The Bertz CT molecular complexity index is 1060. The lowest BCUT2D eigenvalue weighted by Crippen LogP contribution is -2.57. The van der Waals surface area contributed by atoms with Crippen LogP contribution in [0.25, 0.3) is 0 Å². The largest absolute Gasteiger partial charge is 0.444 e. The predicted octanol–water partition coefficient (Wildman–Crippen LogP) is 3.22. The van der Waals surface area contributed by atoms with Gasteiger partial charge in [-0.2, -0.15) is 0 Å². The molecule has 4 atom stereocenters. The van der Waals surface area contributed by atoms with Crippen LogP contribution in [0.15, 0.2) is 42.9 Å². The smallest absolute Gasteiger partial charge is 0.408 e. The Morgan fingerprint density at radius 3 is 2.27 bits per heavy atom. The first-order chi connectivity index (χ1) is 19.0. The van der Waals surface area contributed by atoms with Crippen molar-refractivity contribution in [1.82, 2.24) is 25.9 Å². The average molecular weight is 555 g/mol. The summed E-state index contributed by atoms with van der Waals surface area (Å²) in [6.45, 7) is 8.98. The molecule has 0 unspecified atom stereocenters. The minimum absolute atomic E-state index is 0.120. The average Bonchev–Trinajstić information content (AvgIpc) is 3.40. The maximum absolute atomic E-state index is 13.6. The van der Waals surface area contributed by atoms with Crippen molar-refractivity contribution in [3.05, 3.63) is 61.0 Å². The fraction of sp³-hybridized carbons (Fsp3) is 0.567. The second-order valence-corrected chi connectivity index (χ2v) is 11.6. The van der Waals surface area contributed by atoms with Crippen LogP contribution in [-0.4, -0.2) is 62.8 Å². The lowest BCUT2D eigenvalue weighted by atomic mass is 9.84. The number of aromatic nitrogens is 2. The Morgan fingerprint density at radius 2 is 1.68 bits per heavy atom. The molecule has 1 fully saturated rings. The summed E-state index contributed by atoms with van der Waals surface area (Å²) in [5.41, 5.74) is 0.668. The molecule has 0 bridgehead atoms. The van der Waals surface area contributed by atoms with E-state index < -0.39 is 47.7 Å². The third kappa shape index (κ3) is 10.6. The quantitative estimate of drug-likeness (QED) is 0.272. The van der Waals surface area contributed by atoms with Gasteiger partial charge >= 0.3 is 6.09 Å². The number of alkyl carbamates (subject to hydrolysis) is 1. The van der Waals surface area contributed by atoms with E-state index in [1.54, 1.807) is 27.0 Å². The van der Waals surface area contributed by atoms with Crippen LogP contribution in [0.2, 0.25) is 0 Å². The monoisotopic (exact) mass is 554 g/mol. The molecule has 0 aliphatic heterocycles. The van der Waals surface area contributed by atoms with Crippen molar-refractivity contribution in [2.75, 3.05) is 0 Å². The highest BCUT2D eigenvalue weighted by atomic mass is 16.6. The molecule has 0 spiro atoms. The van der Waals surface area contributed by atoms with Crippen molar-refractivity contribution < 1.29 is 24.2 Å². The first kappa shape index (κ1) is 31.1. The Kier molecular flexibility index (Phi) is 11.5. The van der Waals surface area contributed by atoms with E-state index in [-0.39, 0.29) is 12.8 Å². The van der Waals surface area contributed by atoms with Crippen LogP contribution in [0.3, 0.4) is 0 Å². The van der Waals surface area contributed by atoms with Gasteiger partial charge in [0.1, 0.15) is 17.7 Å². The second-order valence-electron chi connectivity index (χ2n) is 11.6. The lowest BCUT2D eigenvalue weighted by Gasteiger charge is -2.30. The number of carbonyl (C=O) groups is 3. The summed E-state index contributed by atoms with van der Waals surface area (Å²) in [6.07, 6.45) is 7.98. The number of ether oxygens (including phenoxy) is 1. The van der Waals surface area contributed by atoms with Crippen LogP contribution in [0.5, 0.6) is 0 Å². The molecule has 0 saturated heterocycles. The molecule has 1 heterocycles. The highest BCUT2D eigenvalue weighted by Gasteiger charge is 2.31. The number of carbonyl (C=O) groups excluding carboxylic acids is 3. The van der Waals surface area contributed by atoms with Gasteiger partial charge in [-0.15, -0.1) is 0 Å². The van der Waals surface area contributed by atoms with Gasteiger partial charge in [0, 0.05) is 19.0 Å². The highest BCUT2D eigenvalue weighted by molar-refractivity contribution is 5.91. The number of hydrogen-bond acceptors (Lipinski definition) is 6. The molecule has 219 valence electrons. The van der Waals surface area contributed by atoms with Gasteiger partial charge < -0.3 is 30.8 Å². The zero-order valence-electron chi connectivity index (χ0n) is 23.8. The Balaban J connectivity index is 1.76. The summed E-state index contributed by atoms with van der Waals surface area (Å²) in [7, 11) is 0. The Morgan fingerprint density at radius 1 is 1.02 bits per heavy atom. The van der Waals surface area contributed by atoms with E-state index in [1.807, 2.05) is 30.3 Å². The molecule has 1 aliphatic carbocycles. The van der Waals surface area contributed by atoms with Crippen LogP contribution in [0.1, 0.15) is 70.6 Å². The Hall–Kier alpha value is -3.40. The minimum atomic E-state index is -0.998. The molecule has 1 aromatic carbocycles. The number of amides is 3. The van der Waals surface area contributed by atoms with Crippen LogP contribution in [0.4, 0.5) is 4.79 Å². The summed E-state index contributed by atoms with van der Waals surface area (Å²) < 4.78 is 5.39. The zero-order chi connectivity index (χ0) is 29.1. The molecular formula is C30H44N5O5. The molecule has 3 amide bonds. The van der Waals surface area contributed by atoms with E-state index in [0.717, 1.165) is 31.2 Å². The van der Waals surface area contributed by atoms with Crippen molar-refractivity contribution in [2.45, 2.75) is 102 Å². The molecule has 1 aliphatic rings. The van der Waals surface area contributed by atoms with Crippen molar-refractivity contribution in [1.29, 1.82) is 0 Å². The molecular weight excluding hydrogens is 510 g/mol. The zero-order valence-corrected chi connectivity index (χ0v) is 23.8. The fourth-order valence-corrected chi connectivity index (χ4v) is 4.98. The van der Waals surface area contributed by atoms with E-state index in [0.29, 0.717) is 18.0 Å². The number of imidazole rings is 1. The molecule has 2 aromatic rings. The van der Waals surface area contributed by atoms with Gasteiger partial charge in [0.05, 0.1) is 24.2 Å². The van der Waals surface area contributed by atoms with E-state index >= 15 is 0 Å². The van der Waals surface area contributed by atoms with Gasteiger partial charge in [-0.3, -0.25) is 9.59 Å². The van der Waals surface area contributed by atoms with E-state index in [9.17, 15) is 19.5 Å². The number of nitrogens with one attached hydrogen (secondary N) is 4. The number of aliphatic hydroxyl groups excluding tert-OH is 1. The normalized spacial score (nSPS) is 17.2. The number of rotatable bonds is 12. The van der Waals surface area contributed by atoms with Gasteiger partial charge in [-0.25, -0.2) is 9.78 Å². The van der Waals surface area contributed by atoms with E-state index in [2.05, 4.69) is 32.8 Å². The SMILES string of the molecule is [CH2][C@@H](O)[C@H](CC1CCCCC1)NC(=O)[C@H](Cc1c[nH]cn1)NC(=O)[C@H](Cc1ccccc1)NC(=O)OC(C)(C)C. The summed E-state index contributed by atoms with van der Waals surface area (Å²) in [4.78, 5) is 46.8. The van der Waals surface area contributed by atoms with Crippen molar-refractivity contribution >= 4 is 17.9 Å². The van der Waals surface area contributed by atoms with Gasteiger partial charge in [-0.1, -0.05) is 62.4 Å². The number of H-pyrrole nitrogens is 1. The third-order valence-electron chi connectivity index (χ3n) is 7.00. The summed E-state index contributed by atoms with van der Waals surface area (Å²) in [5, 5.41) is 18.8. The standard InChI is InChI=1S/C30H44N5O5/c1-20(36)24(15-21-11-7-5-8-12-21)33-28(38)26(17-23-18-31-19-32-23)34-27(37)25(16-22-13-9-6-10-14-22)35-29(39)40-30(2,3)4/h6,9-10,13-14,18-21,24-26,36H,1,5,7-8,11-12,15-17H2,2-4H3,(H,31,32)(H,33,38)(H,34,37)(H,35,39)/t20-,24+,25+,26+/m1/s1. The topological polar surface area (TPSA) is 145 Å². The van der Waals surface area contributed by atoms with Crippen LogP contribution in [-0.2, 0) is 27.2 Å². The summed E-state index contributed by atoms with van der Waals surface area (Å²) in [5.74, 6) is -0.580. The first-order valence-electron chi connectivity index (χ1n) is 14.1. The van der Waals surface area contributed by atoms with Crippen molar-refractivity contribution in [2.24, 2.45) is 5.92 Å². The third-order valence-corrected chi connectivity index (χ3v) is 7.00. The van der Waals surface area contributed by atoms with Gasteiger partial charge in [0.2, 0.25) is 11.8 Å². The van der Waals surface area contributed by atoms with E-state index in [1.165, 1.54) is 12.7 Å². The lowest BCUT2D eigenvalue weighted by molar-refractivity contribution is -0.130. The summed E-state index contributed by atoms with van der Waals surface area (Å²) >= 11 is 0. The molecule has 5 N–H and O–H groups in total. The maximum Gasteiger partial charge on any atom is 0.408 e. The molecule has 40 heavy (non-hydrogen) atoms. The van der Waals surface area contributed by atoms with Crippen LogP contribution < -0.4 is 16.0 Å². The predicted molar refractivity (Wildman–Crippen MR) is 152 cm³/mol. The first-order valence-corrected chi connectivity index (χ1v) is 14.1. The maximum atomic E-state index is 13.6. The number of aromatic amines is 1. The number of aliphatic hydroxyl groups is 1. The number of benzene rings is 1. The van der Waals surface area contributed by atoms with Crippen LogP contribution in [0, 0.1) is 12.8 Å². The molecule has 10 nitrogen and oxygen atoms in total. The number of nitrogens with zero attached hydrogens (tertiary/aromatic N) is 1. The van der Waals surface area contributed by atoms with Crippen molar-refractivity contribution in [3.63, 3.8) is 0 Å². The van der Waals surface area contributed by atoms with Gasteiger partial charge in [0.25, 0.3) is 0 Å². The molecule has 1 saturated carbocycles. The second kappa shape index (κ2) is 14.8. The van der Waals surface area contributed by atoms with Gasteiger partial charge in [-0.05, 0) is 45.6 Å². The summed E-state index contributed by atoms with van der Waals surface area (Å²) in [6, 6.07) is 6.74. The van der Waals surface area contributed by atoms with Gasteiger partial charge in [0.15, 0.2) is 0 Å². The number of hydrogen-bond donors (Lipinski definition) is 5. The minimum Gasteiger partial charge on any atom is -0.444 e.